The van der Waals surface area contributed by atoms with E-state index in [9.17, 15) is 4.79 Å². The number of halogens is 1. The molecule has 0 heterocycles. The molecule has 0 aromatic rings. The summed E-state index contributed by atoms with van der Waals surface area (Å²) in [5, 5.41) is 7.33. The highest BCUT2D eigenvalue weighted by atomic mass is 35.5. The van der Waals surface area contributed by atoms with E-state index < -0.39 is 0 Å². The minimum atomic E-state index is -0.331. The molecule has 46 valence electrons. The zero-order valence-electron chi connectivity index (χ0n) is 4.52. The summed E-state index contributed by atoms with van der Waals surface area (Å²) in [7, 11) is 0. The van der Waals surface area contributed by atoms with E-state index in [1.54, 1.807) is 0 Å². The quantitative estimate of drug-likeness (QED) is 0.507. The van der Waals surface area contributed by atoms with E-state index >= 15 is 0 Å². The summed E-state index contributed by atoms with van der Waals surface area (Å²) in [6.45, 7) is 0. The second-order valence-corrected chi connectivity index (χ2v) is 2.08. The van der Waals surface area contributed by atoms with E-state index in [0.29, 0.717) is 5.03 Å². The van der Waals surface area contributed by atoms with Gasteiger partial charge >= 0.3 is 0 Å². The predicted octanol–water partition coefficient (Wildman–Crippen LogP) is 1.27. The first-order valence-corrected chi connectivity index (χ1v) is 2.76. The third-order valence-electron chi connectivity index (χ3n) is 0.944. The van der Waals surface area contributed by atoms with Crippen molar-refractivity contribution in [3.05, 3.63) is 23.3 Å². The van der Waals surface area contributed by atoms with Gasteiger partial charge in [-0.3, -0.25) is 10.2 Å². The molecule has 0 aromatic carbocycles. The van der Waals surface area contributed by atoms with Gasteiger partial charge in [0, 0.05) is 11.1 Å². The molecular weight excluding hydrogens is 138 g/mol. The van der Waals surface area contributed by atoms with E-state index in [-0.39, 0.29) is 11.5 Å². The number of carbonyl (C=O) groups is 1. The molecule has 0 unspecified atom stereocenters. The molecule has 0 amide bonds. The number of carbonyl (C=O) groups excluding carboxylic acids is 1. The average Bonchev–Trinajstić information content (AvgIpc) is 1.80. The standard InChI is InChI=1S/C6H4ClNO/c7-4-1-2-5(8)6(9)3-4/h1-3,8H. The maximum absolute atomic E-state index is 10.6. The van der Waals surface area contributed by atoms with Crippen LogP contribution in [0.5, 0.6) is 0 Å². The predicted molar refractivity (Wildman–Crippen MR) is 35.8 cm³/mol. The van der Waals surface area contributed by atoms with Crippen LogP contribution in [-0.4, -0.2) is 11.5 Å². The zero-order chi connectivity index (χ0) is 6.85. The molecule has 0 atom stereocenters. The summed E-state index contributed by atoms with van der Waals surface area (Å²) in [6.07, 6.45) is 4.12. The van der Waals surface area contributed by atoms with Crippen molar-refractivity contribution in [1.29, 1.82) is 5.41 Å². The first-order valence-electron chi connectivity index (χ1n) is 2.38. The Morgan fingerprint density at radius 3 is 2.56 bits per heavy atom. The topological polar surface area (TPSA) is 40.9 Å². The summed E-state index contributed by atoms with van der Waals surface area (Å²) in [6, 6.07) is 0. The van der Waals surface area contributed by atoms with Crippen LogP contribution < -0.4 is 0 Å². The molecule has 0 fully saturated rings. The molecule has 1 aliphatic rings. The Morgan fingerprint density at radius 1 is 1.44 bits per heavy atom. The highest BCUT2D eigenvalue weighted by Crippen LogP contribution is 2.07. The van der Waals surface area contributed by atoms with Crippen molar-refractivity contribution in [2.24, 2.45) is 0 Å². The van der Waals surface area contributed by atoms with Crippen LogP contribution in [0.2, 0.25) is 0 Å². The molecule has 9 heavy (non-hydrogen) atoms. The Labute approximate surface area is 57.3 Å². The molecule has 0 saturated carbocycles. The molecule has 1 aliphatic carbocycles. The summed E-state index contributed by atoms with van der Waals surface area (Å²) >= 11 is 5.43. The Kier molecular flexibility index (Phi) is 1.49. The fourth-order valence-corrected chi connectivity index (χ4v) is 0.658. The maximum Gasteiger partial charge on any atom is 0.204 e. The number of rotatable bonds is 0. The molecule has 1 rings (SSSR count). The van der Waals surface area contributed by atoms with Crippen molar-refractivity contribution in [2.45, 2.75) is 0 Å². The van der Waals surface area contributed by atoms with Gasteiger partial charge in [0.05, 0.1) is 0 Å². The summed E-state index contributed by atoms with van der Waals surface area (Å²) < 4.78 is 0. The van der Waals surface area contributed by atoms with E-state index in [1.807, 2.05) is 0 Å². The zero-order valence-corrected chi connectivity index (χ0v) is 5.27. The monoisotopic (exact) mass is 141 g/mol. The van der Waals surface area contributed by atoms with E-state index in [0.717, 1.165) is 0 Å². The lowest BCUT2D eigenvalue weighted by Gasteiger charge is -1.96. The number of ketones is 1. The molecule has 0 bridgehead atoms. The normalized spacial score (nSPS) is 18.1. The van der Waals surface area contributed by atoms with Crippen molar-refractivity contribution in [3.8, 4) is 0 Å². The molecular formula is C6H4ClNO. The van der Waals surface area contributed by atoms with Gasteiger partial charge in [0.25, 0.3) is 0 Å². The van der Waals surface area contributed by atoms with Crippen molar-refractivity contribution >= 4 is 23.1 Å². The smallest absolute Gasteiger partial charge is 0.204 e. The minimum absolute atomic E-state index is 0.0144. The molecule has 0 saturated heterocycles. The summed E-state index contributed by atoms with van der Waals surface area (Å²) in [4.78, 5) is 10.6. The highest BCUT2D eigenvalue weighted by Gasteiger charge is 2.07. The van der Waals surface area contributed by atoms with Gasteiger partial charge in [0.15, 0.2) is 0 Å². The third kappa shape index (κ3) is 1.27. The van der Waals surface area contributed by atoms with Gasteiger partial charge in [-0.25, -0.2) is 0 Å². The first kappa shape index (κ1) is 6.23. The Morgan fingerprint density at radius 2 is 2.11 bits per heavy atom. The fourth-order valence-electron chi connectivity index (χ4n) is 0.496. The van der Waals surface area contributed by atoms with E-state index in [2.05, 4.69) is 0 Å². The SMILES string of the molecule is N=C1C=CC(Cl)=CC1=O. The van der Waals surface area contributed by atoms with Crippen LogP contribution in [0.4, 0.5) is 0 Å². The van der Waals surface area contributed by atoms with Gasteiger partial charge < -0.3 is 0 Å². The summed E-state index contributed by atoms with van der Waals surface area (Å²) in [5.41, 5.74) is -0.0144. The van der Waals surface area contributed by atoms with Gasteiger partial charge in [0.1, 0.15) is 5.71 Å². The second-order valence-electron chi connectivity index (χ2n) is 1.64. The van der Waals surface area contributed by atoms with Gasteiger partial charge in [-0.15, -0.1) is 0 Å². The Balaban J connectivity index is 2.95. The van der Waals surface area contributed by atoms with Crippen LogP contribution in [0.3, 0.4) is 0 Å². The van der Waals surface area contributed by atoms with Crippen molar-refractivity contribution in [1.82, 2.24) is 0 Å². The van der Waals surface area contributed by atoms with Gasteiger partial charge in [0.2, 0.25) is 5.78 Å². The number of nitrogens with one attached hydrogen (secondary N) is 1. The lowest BCUT2D eigenvalue weighted by Crippen LogP contribution is -2.09. The number of hydrogen-bond donors (Lipinski definition) is 1. The van der Waals surface area contributed by atoms with Gasteiger partial charge in [-0.05, 0) is 12.2 Å². The lowest BCUT2D eigenvalue weighted by atomic mass is 10.1. The van der Waals surface area contributed by atoms with Crippen molar-refractivity contribution in [3.63, 3.8) is 0 Å². The largest absolute Gasteiger partial charge is 0.297 e. The fraction of sp³-hybridized carbons (Fsp3) is 0. The van der Waals surface area contributed by atoms with Crippen LogP contribution in [0, 0.1) is 5.41 Å². The number of hydrogen-bond acceptors (Lipinski definition) is 2. The molecule has 1 N–H and O–H groups in total. The number of allylic oxidation sites excluding steroid dienone is 4. The van der Waals surface area contributed by atoms with Crippen molar-refractivity contribution < 1.29 is 4.79 Å². The van der Waals surface area contributed by atoms with Crippen LogP contribution in [0.1, 0.15) is 0 Å². The van der Waals surface area contributed by atoms with Gasteiger partial charge in [-0.1, -0.05) is 11.6 Å². The molecule has 0 aromatic heterocycles. The van der Waals surface area contributed by atoms with Gasteiger partial charge in [-0.2, -0.15) is 0 Å². The van der Waals surface area contributed by atoms with Crippen LogP contribution in [-0.2, 0) is 4.79 Å². The van der Waals surface area contributed by atoms with Crippen LogP contribution >= 0.6 is 11.6 Å². The van der Waals surface area contributed by atoms with E-state index in [1.165, 1.54) is 18.2 Å². The molecule has 3 heteroatoms. The lowest BCUT2D eigenvalue weighted by molar-refractivity contribution is -0.108. The average molecular weight is 142 g/mol. The van der Waals surface area contributed by atoms with Crippen molar-refractivity contribution in [2.75, 3.05) is 0 Å². The highest BCUT2D eigenvalue weighted by molar-refractivity contribution is 6.50. The molecule has 2 nitrogen and oxygen atoms in total. The molecule has 0 aliphatic heterocycles. The van der Waals surface area contributed by atoms with Crippen LogP contribution in [0.15, 0.2) is 23.3 Å². The van der Waals surface area contributed by atoms with E-state index in [4.69, 9.17) is 17.0 Å². The summed E-state index contributed by atoms with van der Waals surface area (Å²) in [5.74, 6) is -0.331. The first-order chi connectivity index (χ1) is 4.20. The third-order valence-corrected chi connectivity index (χ3v) is 1.18. The van der Waals surface area contributed by atoms with Crippen LogP contribution in [0.25, 0.3) is 0 Å². The minimum Gasteiger partial charge on any atom is -0.297 e. The Bertz CT molecular complexity index is 227. The second kappa shape index (κ2) is 2.15. The molecule has 0 spiro atoms. The Hall–Kier alpha value is -0.890. The molecule has 0 radical (unpaired) electrons. The maximum atomic E-state index is 10.6.